The van der Waals surface area contributed by atoms with Gasteiger partial charge in [0, 0.05) is 28.6 Å². The van der Waals surface area contributed by atoms with Gasteiger partial charge in [0.2, 0.25) is 0 Å². The summed E-state index contributed by atoms with van der Waals surface area (Å²) >= 11 is 0. The first-order chi connectivity index (χ1) is 16.2. The van der Waals surface area contributed by atoms with E-state index in [1.54, 1.807) is 10.6 Å². The Balaban J connectivity index is 1.74. The molecule has 0 unspecified atom stereocenters. The zero-order chi connectivity index (χ0) is 24.4. The van der Waals surface area contributed by atoms with Gasteiger partial charge < -0.3 is 24.0 Å². The summed E-state index contributed by atoms with van der Waals surface area (Å²) in [6.07, 6.45) is 0.532. The molecule has 34 heavy (non-hydrogen) atoms. The molecule has 178 valence electrons. The number of phenols is 1. The Bertz CT molecular complexity index is 1390. The first-order valence-electron chi connectivity index (χ1n) is 11.7. The van der Waals surface area contributed by atoms with Crippen molar-refractivity contribution >= 4 is 10.9 Å². The second kappa shape index (κ2) is 7.96. The van der Waals surface area contributed by atoms with Gasteiger partial charge in [0.15, 0.2) is 0 Å². The Morgan fingerprint density at radius 2 is 2.09 bits per heavy atom. The highest BCUT2D eigenvalue weighted by Gasteiger charge is 2.44. The van der Waals surface area contributed by atoms with E-state index in [0.29, 0.717) is 30.8 Å². The molecular weight excluding hydrogens is 430 g/mol. The fourth-order valence-corrected chi connectivity index (χ4v) is 5.30. The lowest BCUT2D eigenvalue weighted by atomic mass is 9.84. The molecule has 2 aromatic heterocycles. The number of nitrogens with zero attached hydrogens (tertiary/aromatic N) is 3. The SMILES string of the molecule is C=C1OCc2c(cc3n(c2=O)Cc2cc4c(CN(C)C)c(O)ccc4nc2-3)[C@]1(CC)OC(C)C. The van der Waals surface area contributed by atoms with Crippen LogP contribution in [0, 0.1) is 0 Å². The summed E-state index contributed by atoms with van der Waals surface area (Å²) in [5.74, 6) is 0.786. The van der Waals surface area contributed by atoms with Crippen molar-refractivity contribution in [1.82, 2.24) is 14.5 Å². The fraction of sp³-hybridized carbons (Fsp3) is 0.407. The summed E-state index contributed by atoms with van der Waals surface area (Å²) in [4.78, 5) is 20.6. The van der Waals surface area contributed by atoms with Gasteiger partial charge in [-0.3, -0.25) is 4.79 Å². The summed E-state index contributed by atoms with van der Waals surface area (Å²) in [5.41, 5.74) is 4.64. The molecule has 1 N–H and O–H groups in total. The summed E-state index contributed by atoms with van der Waals surface area (Å²) in [6, 6.07) is 7.63. The second-order valence-corrected chi connectivity index (χ2v) is 9.74. The van der Waals surface area contributed by atoms with E-state index in [2.05, 4.69) is 12.6 Å². The Morgan fingerprint density at radius 3 is 2.76 bits per heavy atom. The van der Waals surface area contributed by atoms with Gasteiger partial charge in [-0.2, -0.15) is 0 Å². The molecule has 0 saturated carbocycles. The molecule has 0 radical (unpaired) electrons. The molecule has 2 aliphatic heterocycles. The minimum absolute atomic E-state index is 0.0700. The van der Waals surface area contributed by atoms with Gasteiger partial charge in [-0.25, -0.2) is 4.98 Å². The number of ether oxygens (including phenoxy) is 2. The van der Waals surface area contributed by atoms with Crippen LogP contribution in [0.5, 0.6) is 5.75 Å². The molecule has 3 aromatic rings. The molecule has 0 spiro atoms. The van der Waals surface area contributed by atoms with Crippen molar-refractivity contribution < 1.29 is 14.6 Å². The minimum atomic E-state index is -0.874. The van der Waals surface area contributed by atoms with Crippen molar-refractivity contribution in [3.63, 3.8) is 0 Å². The van der Waals surface area contributed by atoms with Crippen molar-refractivity contribution in [2.24, 2.45) is 0 Å². The van der Waals surface area contributed by atoms with Crippen LogP contribution in [-0.2, 0) is 34.8 Å². The van der Waals surface area contributed by atoms with Crippen LogP contribution in [0.1, 0.15) is 49.4 Å². The zero-order valence-corrected chi connectivity index (χ0v) is 20.4. The molecule has 4 heterocycles. The summed E-state index contributed by atoms with van der Waals surface area (Å²) in [7, 11) is 3.93. The number of phenolic OH excluding ortho intramolecular Hbond substituents is 1. The average Bonchev–Trinajstić information content (AvgIpc) is 3.14. The number of rotatable bonds is 5. The van der Waals surface area contributed by atoms with Crippen molar-refractivity contribution in [3.8, 4) is 17.1 Å². The van der Waals surface area contributed by atoms with E-state index in [4.69, 9.17) is 14.5 Å². The molecule has 0 amide bonds. The van der Waals surface area contributed by atoms with E-state index in [1.165, 1.54) is 0 Å². The van der Waals surface area contributed by atoms with Crippen molar-refractivity contribution in [1.29, 1.82) is 0 Å². The third-order valence-electron chi connectivity index (χ3n) is 6.82. The van der Waals surface area contributed by atoms with Crippen LogP contribution in [0.3, 0.4) is 0 Å². The van der Waals surface area contributed by atoms with Gasteiger partial charge in [-0.1, -0.05) is 13.5 Å². The quantitative estimate of drug-likeness (QED) is 0.478. The summed E-state index contributed by atoms with van der Waals surface area (Å²) in [6.45, 7) is 11.3. The predicted octanol–water partition coefficient (Wildman–Crippen LogP) is 4.27. The molecule has 0 fully saturated rings. The third-order valence-corrected chi connectivity index (χ3v) is 6.82. The fourth-order valence-electron chi connectivity index (χ4n) is 5.30. The lowest BCUT2D eigenvalue weighted by molar-refractivity contribution is -0.105. The highest BCUT2D eigenvalue weighted by atomic mass is 16.6. The average molecular weight is 462 g/mol. The van der Waals surface area contributed by atoms with Gasteiger partial charge in [0.25, 0.3) is 5.56 Å². The van der Waals surface area contributed by atoms with Crippen molar-refractivity contribution in [2.75, 3.05) is 14.1 Å². The maximum Gasteiger partial charge on any atom is 0.258 e. The number of pyridine rings is 2. The number of aromatic nitrogens is 2. The van der Waals surface area contributed by atoms with Gasteiger partial charge in [0.05, 0.1) is 35.1 Å². The molecule has 1 atom stereocenters. The maximum atomic E-state index is 13.7. The van der Waals surface area contributed by atoms with Gasteiger partial charge in [0.1, 0.15) is 23.7 Å². The Morgan fingerprint density at radius 1 is 1.32 bits per heavy atom. The summed E-state index contributed by atoms with van der Waals surface area (Å²) in [5, 5.41) is 11.4. The van der Waals surface area contributed by atoms with Gasteiger partial charge >= 0.3 is 0 Å². The number of benzene rings is 1. The molecule has 5 rings (SSSR count). The third kappa shape index (κ3) is 3.26. The van der Waals surface area contributed by atoms with E-state index in [-0.39, 0.29) is 24.0 Å². The molecule has 0 aliphatic carbocycles. The largest absolute Gasteiger partial charge is 0.508 e. The monoisotopic (exact) mass is 461 g/mol. The Hall–Kier alpha value is -3.16. The van der Waals surface area contributed by atoms with E-state index in [0.717, 1.165) is 39.0 Å². The van der Waals surface area contributed by atoms with Gasteiger partial charge in [-0.15, -0.1) is 0 Å². The van der Waals surface area contributed by atoms with Crippen LogP contribution in [0.25, 0.3) is 22.3 Å². The van der Waals surface area contributed by atoms with Crippen LogP contribution in [0.2, 0.25) is 0 Å². The topological polar surface area (TPSA) is 76.8 Å². The van der Waals surface area contributed by atoms with Crippen molar-refractivity contribution in [2.45, 2.75) is 58.6 Å². The second-order valence-electron chi connectivity index (χ2n) is 9.74. The lowest BCUT2D eigenvalue weighted by Gasteiger charge is -2.41. The Kier molecular flexibility index (Phi) is 5.30. The zero-order valence-electron chi connectivity index (χ0n) is 20.4. The lowest BCUT2D eigenvalue weighted by Crippen LogP contribution is -2.42. The first kappa shape index (κ1) is 22.6. The van der Waals surface area contributed by atoms with Crippen molar-refractivity contribution in [3.05, 3.63) is 69.2 Å². The normalized spacial score (nSPS) is 18.9. The molecule has 7 nitrogen and oxygen atoms in total. The molecular formula is C27H31N3O4. The molecule has 7 heteroatoms. The standard InChI is InChI=1S/C27H31N3O4/c1-7-27(34-15(2)3)16(4)33-14-20-21(27)11-23-25-17(12-30(23)26(20)32)10-18-19(13-29(5)6)24(31)9-8-22(18)28-25/h8-11,15,31H,4,7,12-14H2,1-3,5-6H3/t27-/m1/s1. The molecule has 2 aliphatic rings. The van der Waals surface area contributed by atoms with E-state index in [1.807, 2.05) is 51.9 Å². The Labute approximate surface area is 199 Å². The minimum Gasteiger partial charge on any atom is -0.508 e. The van der Waals surface area contributed by atoms with Crippen LogP contribution in [0.4, 0.5) is 0 Å². The van der Waals surface area contributed by atoms with Crippen LogP contribution < -0.4 is 5.56 Å². The number of hydrogen-bond acceptors (Lipinski definition) is 6. The first-order valence-corrected chi connectivity index (χ1v) is 11.7. The van der Waals surface area contributed by atoms with Crippen LogP contribution in [-0.4, -0.2) is 39.8 Å². The number of aromatic hydroxyl groups is 1. The number of hydrogen-bond donors (Lipinski definition) is 1. The summed E-state index contributed by atoms with van der Waals surface area (Å²) < 4.78 is 14.0. The highest BCUT2D eigenvalue weighted by Crippen LogP contribution is 2.45. The van der Waals surface area contributed by atoms with Crippen LogP contribution >= 0.6 is 0 Å². The highest BCUT2D eigenvalue weighted by molar-refractivity contribution is 5.88. The van der Waals surface area contributed by atoms with Crippen LogP contribution in [0.15, 0.2) is 41.4 Å². The van der Waals surface area contributed by atoms with E-state index in [9.17, 15) is 9.90 Å². The van der Waals surface area contributed by atoms with E-state index < -0.39 is 5.60 Å². The molecule has 0 bridgehead atoms. The predicted molar refractivity (Wildman–Crippen MR) is 132 cm³/mol. The van der Waals surface area contributed by atoms with Gasteiger partial charge in [-0.05, 0) is 58.6 Å². The maximum absolute atomic E-state index is 13.7. The van der Waals surface area contributed by atoms with E-state index >= 15 is 0 Å². The molecule has 0 saturated heterocycles. The number of fused-ring (bicyclic) bond motifs is 5. The molecule has 1 aromatic carbocycles. The smallest absolute Gasteiger partial charge is 0.258 e.